The van der Waals surface area contributed by atoms with Crippen molar-refractivity contribution in [1.29, 1.82) is 0 Å². The molecule has 0 saturated heterocycles. The molecule has 0 aromatic heterocycles. The zero-order valence-corrected chi connectivity index (χ0v) is 10.3. The van der Waals surface area contributed by atoms with Crippen LogP contribution in [0.4, 0.5) is 4.79 Å². The number of hydrogen-bond donors (Lipinski definition) is 1. The van der Waals surface area contributed by atoms with Gasteiger partial charge >= 0.3 is 6.09 Å². The Bertz CT molecular complexity index is 255. The molecule has 0 aromatic carbocycles. The van der Waals surface area contributed by atoms with Crippen LogP contribution in [0, 0.1) is 0 Å². The molecule has 16 heavy (non-hydrogen) atoms. The second kappa shape index (κ2) is 6.33. The van der Waals surface area contributed by atoms with Gasteiger partial charge in [0.25, 0.3) is 0 Å². The summed E-state index contributed by atoms with van der Waals surface area (Å²) >= 11 is 0. The second-order valence-electron chi connectivity index (χ2n) is 4.41. The van der Waals surface area contributed by atoms with Crippen molar-refractivity contribution in [1.82, 2.24) is 4.90 Å². The van der Waals surface area contributed by atoms with Crippen molar-refractivity contribution in [2.45, 2.75) is 32.4 Å². The zero-order valence-electron chi connectivity index (χ0n) is 10.3. The molecule has 0 spiro atoms. The summed E-state index contributed by atoms with van der Waals surface area (Å²) in [6.45, 7) is 12.6. The van der Waals surface area contributed by atoms with Crippen LogP contribution in [0.3, 0.4) is 0 Å². The average Bonchev–Trinajstić information content (AvgIpc) is 2.15. The summed E-state index contributed by atoms with van der Waals surface area (Å²) in [5.41, 5.74) is -0.558. The van der Waals surface area contributed by atoms with E-state index in [1.54, 1.807) is 26.8 Å². The Morgan fingerprint density at radius 1 is 1.50 bits per heavy atom. The van der Waals surface area contributed by atoms with Crippen LogP contribution in [0.2, 0.25) is 0 Å². The van der Waals surface area contributed by atoms with Crippen LogP contribution in [0.5, 0.6) is 0 Å². The number of carbonyl (C=O) groups is 1. The van der Waals surface area contributed by atoms with Gasteiger partial charge in [-0.3, -0.25) is 4.90 Å². The van der Waals surface area contributed by atoms with E-state index < -0.39 is 17.7 Å². The lowest BCUT2D eigenvalue weighted by Gasteiger charge is -2.30. The molecule has 0 heterocycles. The molecule has 0 aliphatic heterocycles. The standard InChI is InChI=1S/C12H21NO3/c1-6-8-13(10(7-2)9-14)11(15)16-12(3,4)5/h6-7,10,14H,1-2,8-9H2,3-5H3/t10-/m1/s1. The van der Waals surface area contributed by atoms with Crippen molar-refractivity contribution in [3.63, 3.8) is 0 Å². The van der Waals surface area contributed by atoms with Crippen LogP contribution in [0.25, 0.3) is 0 Å². The highest BCUT2D eigenvalue weighted by molar-refractivity contribution is 5.69. The first-order valence-electron chi connectivity index (χ1n) is 5.19. The fourth-order valence-electron chi connectivity index (χ4n) is 1.11. The Morgan fingerprint density at radius 2 is 2.06 bits per heavy atom. The van der Waals surface area contributed by atoms with E-state index in [0.29, 0.717) is 6.54 Å². The van der Waals surface area contributed by atoms with Crippen LogP contribution in [0.1, 0.15) is 20.8 Å². The van der Waals surface area contributed by atoms with Crippen molar-refractivity contribution < 1.29 is 14.6 Å². The third-order valence-electron chi connectivity index (χ3n) is 1.81. The Hall–Kier alpha value is -1.29. The third kappa shape index (κ3) is 4.98. The van der Waals surface area contributed by atoms with E-state index in [2.05, 4.69) is 13.2 Å². The fraction of sp³-hybridized carbons (Fsp3) is 0.583. The van der Waals surface area contributed by atoms with Gasteiger partial charge in [0.15, 0.2) is 0 Å². The number of hydrogen-bond acceptors (Lipinski definition) is 3. The van der Waals surface area contributed by atoms with Gasteiger partial charge in [0.05, 0.1) is 12.6 Å². The lowest BCUT2D eigenvalue weighted by Crippen LogP contribution is -2.44. The first-order chi connectivity index (χ1) is 7.35. The Morgan fingerprint density at radius 3 is 2.38 bits per heavy atom. The molecule has 4 heteroatoms. The molecule has 0 bridgehead atoms. The van der Waals surface area contributed by atoms with Crippen molar-refractivity contribution in [2.24, 2.45) is 0 Å². The number of aliphatic hydroxyl groups excluding tert-OH is 1. The van der Waals surface area contributed by atoms with Crippen molar-refractivity contribution in [3.8, 4) is 0 Å². The highest BCUT2D eigenvalue weighted by atomic mass is 16.6. The van der Waals surface area contributed by atoms with Crippen LogP contribution in [-0.2, 0) is 4.74 Å². The maximum Gasteiger partial charge on any atom is 0.411 e. The normalized spacial score (nSPS) is 12.8. The molecule has 0 fully saturated rings. The van der Waals surface area contributed by atoms with E-state index in [1.807, 2.05) is 0 Å². The minimum absolute atomic E-state index is 0.184. The van der Waals surface area contributed by atoms with Gasteiger partial charge in [-0.05, 0) is 20.8 Å². The van der Waals surface area contributed by atoms with E-state index in [0.717, 1.165) is 0 Å². The van der Waals surface area contributed by atoms with E-state index in [4.69, 9.17) is 9.84 Å². The van der Waals surface area contributed by atoms with E-state index >= 15 is 0 Å². The van der Waals surface area contributed by atoms with Gasteiger partial charge in [0, 0.05) is 6.54 Å². The van der Waals surface area contributed by atoms with Crippen LogP contribution >= 0.6 is 0 Å². The molecule has 0 rings (SSSR count). The smallest absolute Gasteiger partial charge is 0.411 e. The Labute approximate surface area is 97.2 Å². The first kappa shape index (κ1) is 14.7. The molecule has 92 valence electrons. The summed E-state index contributed by atoms with van der Waals surface area (Å²) in [4.78, 5) is 13.2. The lowest BCUT2D eigenvalue weighted by atomic mass is 10.2. The van der Waals surface area contributed by atoms with Crippen molar-refractivity contribution >= 4 is 6.09 Å². The van der Waals surface area contributed by atoms with Gasteiger partial charge < -0.3 is 9.84 Å². The highest BCUT2D eigenvalue weighted by Crippen LogP contribution is 2.12. The third-order valence-corrected chi connectivity index (χ3v) is 1.81. The van der Waals surface area contributed by atoms with Crippen LogP contribution < -0.4 is 0 Å². The van der Waals surface area contributed by atoms with Gasteiger partial charge in [0.1, 0.15) is 5.60 Å². The number of ether oxygens (including phenoxy) is 1. The first-order valence-corrected chi connectivity index (χ1v) is 5.19. The maximum absolute atomic E-state index is 11.8. The highest BCUT2D eigenvalue weighted by Gasteiger charge is 2.25. The predicted molar refractivity (Wildman–Crippen MR) is 64.2 cm³/mol. The van der Waals surface area contributed by atoms with Crippen LogP contribution in [0.15, 0.2) is 25.3 Å². The molecule has 0 aromatic rings. The molecule has 1 N–H and O–H groups in total. The molecule has 0 radical (unpaired) electrons. The summed E-state index contributed by atoms with van der Waals surface area (Å²) in [7, 11) is 0. The van der Waals surface area contributed by atoms with Gasteiger partial charge in [-0.2, -0.15) is 0 Å². The molecular formula is C12H21NO3. The summed E-state index contributed by atoms with van der Waals surface area (Å²) in [6, 6.07) is -0.451. The largest absolute Gasteiger partial charge is 0.444 e. The quantitative estimate of drug-likeness (QED) is 0.730. The fourth-order valence-corrected chi connectivity index (χ4v) is 1.11. The predicted octanol–water partition coefficient (Wildman–Crippen LogP) is 1.96. The summed E-state index contributed by atoms with van der Waals surface area (Å²) in [5.74, 6) is 0. The molecule has 1 atom stereocenters. The number of nitrogens with zero attached hydrogens (tertiary/aromatic N) is 1. The number of amides is 1. The van der Waals surface area contributed by atoms with E-state index in [9.17, 15) is 4.79 Å². The molecule has 0 aliphatic carbocycles. The van der Waals surface area contributed by atoms with Crippen molar-refractivity contribution in [2.75, 3.05) is 13.2 Å². The topological polar surface area (TPSA) is 49.8 Å². The summed E-state index contributed by atoms with van der Waals surface area (Å²) in [5, 5.41) is 9.12. The average molecular weight is 227 g/mol. The summed E-state index contributed by atoms with van der Waals surface area (Å²) < 4.78 is 5.22. The second-order valence-corrected chi connectivity index (χ2v) is 4.41. The SMILES string of the molecule is C=CCN(C(=O)OC(C)(C)C)[C@H](C=C)CO. The number of aliphatic hydroxyl groups is 1. The van der Waals surface area contributed by atoms with E-state index in [1.165, 1.54) is 11.0 Å². The zero-order chi connectivity index (χ0) is 12.8. The molecule has 1 amide bonds. The summed E-state index contributed by atoms with van der Waals surface area (Å²) in [6.07, 6.45) is 2.61. The molecule has 0 unspecified atom stereocenters. The van der Waals surface area contributed by atoms with Gasteiger partial charge in [0.2, 0.25) is 0 Å². The monoisotopic (exact) mass is 227 g/mol. The Balaban J connectivity index is 4.69. The lowest BCUT2D eigenvalue weighted by molar-refractivity contribution is 0.0176. The number of carbonyl (C=O) groups excluding carboxylic acids is 1. The molecular weight excluding hydrogens is 206 g/mol. The Kier molecular flexibility index (Phi) is 5.82. The molecule has 0 aliphatic rings. The molecule has 4 nitrogen and oxygen atoms in total. The van der Waals surface area contributed by atoms with Gasteiger partial charge in [-0.1, -0.05) is 12.2 Å². The van der Waals surface area contributed by atoms with Crippen molar-refractivity contribution in [3.05, 3.63) is 25.3 Å². The van der Waals surface area contributed by atoms with Crippen LogP contribution in [-0.4, -0.2) is 40.9 Å². The minimum atomic E-state index is -0.558. The van der Waals surface area contributed by atoms with E-state index in [-0.39, 0.29) is 6.61 Å². The minimum Gasteiger partial charge on any atom is -0.444 e. The maximum atomic E-state index is 11.8. The number of rotatable bonds is 5. The molecule has 0 saturated carbocycles. The van der Waals surface area contributed by atoms with Gasteiger partial charge in [-0.25, -0.2) is 4.79 Å². The van der Waals surface area contributed by atoms with Gasteiger partial charge in [-0.15, -0.1) is 13.2 Å².